The third-order valence-corrected chi connectivity index (χ3v) is 10.1. The first-order chi connectivity index (χ1) is 16.3. The van der Waals surface area contributed by atoms with Gasteiger partial charge in [-0.05, 0) is 34.4 Å². The molecule has 2 amide bonds. The molecule has 4 heterocycles. The van der Waals surface area contributed by atoms with Crippen molar-refractivity contribution in [3.05, 3.63) is 28.8 Å². The molecule has 34 heavy (non-hydrogen) atoms. The molecule has 2 aliphatic heterocycles. The van der Waals surface area contributed by atoms with E-state index in [0.29, 0.717) is 27.2 Å². The smallest absolute Gasteiger partial charge is 0.352 e. The summed E-state index contributed by atoms with van der Waals surface area (Å²) in [4.78, 5) is 39.0. The number of carbonyl (C=O) groups excluding carboxylic acids is 2. The van der Waals surface area contributed by atoms with Crippen molar-refractivity contribution in [2.75, 3.05) is 24.4 Å². The summed E-state index contributed by atoms with van der Waals surface area (Å²) in [5.74, 6) is -2.33. The Balaban J connectivity index is 1.50. The predicted octanol–water partition coefficient (Wildman–Crippen LogP) is 0.367. The second kappa shape index (κ2) is 10.2. The van der Waals surface area contributed by atoms with Gasteiger partial charge in [0.2, 0.25) is 11.1 Å². The van der Waals surface area contributed by atoms with Crippen molar-refractivity contribution in [2.45, 2.75) is 33.9 Å². The Hall–Kier alpha value is -2.27. The molecule has 0 aromatic carbocycles. The maximum Gasteiger partial charge on any atom is 0.352 e. The van der Waals surface area contributed by atoms with Crippen LogP contribution in [-0.2, 0) is 36.5 Å². The quantitative estimate of drug-likeness (QED) is 0.242. The fraction of sp³-hybridized carbons (Fsp3) is 0.444. The third kappa shape index (κ3) is 4.39. The van der Waals surface area contributed by atoms with Crippen LogP contribution in [0.2, 0.25) is 0 Å². The SMILES string of the molecule is CCn1nnnc1SCC1=C(C(=O)O)N2C(=O)[C@](NC(=O)CS(=O)c3cccs3)(OC)[C@@H]2SC1. The number of aliphatic carboxylic acids is 1. The fourth-order valence-corrected chi connectivity index (χ4v) is 7.95. The van der Waals surface area contributed by atoms with E-state index in [4.69, 9.17) is 4.74 Å². The monoisotopic (exact) mass is 544 g/mol. The summed E-state index contributed by atoms with van der Waals surface area (Å²) in [6, 6.07) is 3.40. The average Bonchev–Trinajstić information content (AvgIpc) is 3.52. The van der Waals surface area contributed by atoms with Crippen LogP contribution in [0.25, 0.3) is 0 Å². The van der Waals surface area contributed by atoms with E-state index in [0.717, 1.165) is 4.90 Å². The Kier molecular flexibility index (Phi) is 7.42. The van der Waals surface area contributed by atoms with Crippen molar-refractivity contribution in [3.8, 4) is 0 Å². The highest BCUT2D eigenvalue weighted by Gasteiger charge is 2.66. The van der Waals surface area contributed by atoms with Crippen molar-refractivity contribution >= 4 is 63.4 Å². The van der Waals surface area contributed by atoms with Gasteiger partial charge >= 0.3 is 5.97 Å². The first-order valence-electron chi connectivity index (χ1n) is 9.90. The number of tetrazole rings is 1. The number of nitrogens with zero attached hydrogens (tertiary/aromatic N) is 5. The molecule has 2 aromatic rings. The molecule has 4 rings (SSSR count). The molecular formula is C18H20N6O6S4. The number of aryl methyl sites for hydroxylation is 1. The second-order valence-corrected chi connectivity index (χ2v) is 11.7. The van der Waals surface area contributed by atoms with Gasteiger partial charge < -0.3 is 15.2 Å². The van der Waals surface area contributed by atoms with Crippen LogP contribution in [0.3, 0.4) is 0 Å². The van der Waals surface area contributed by atoms with Crippen molar-refractivity contribution in [1.82, 2.24) is 30.4 Å². The number of amides is 2. The van der Waals surface area contributed by atoms with Crippen LogP contribution in [0.15, 0.2) is 38.1 Å². The molecule has 2 aromatic heterocycles. The molecule has 0 saturated carbocycles. The Morgan fingerprint density at radius 3 is 2.91 bits per heavy atom. The number of β-lactam (4-membered cyclic amide) rings is 1. The van der Waals surface area contributed by atoms with E-state index >= 15 is 0 Å². The molecule has 2 aliphatic rings. The molecule has 1 fully saturated rings. The van der Waals surface area contributed by atoms with E-state index in [-0.39, 0.29) is 17.2 Å². The van der Waals surface area contributed by atoms with Crippen LogP contribution in [-0.4, -0.2) is 87.7 Å². The van der Waals surface area contributed by atoms with Gasteiger partial charge in [0.1, 0.15) is 16.8 Å². The lowest BCUT2D eigenvalue weighted by Gasteiger charge is -2.55. The lowest BCUT2D eigenvalue weighted by Crippen LogP contribution is -2.80. The van der Waals surface area contributed by atoms with Crippen LogP contribution in [0.1, 0.15) is 6.92 Å². The Morgan fingerprint density at radius 2 is 2.26 bits per heavy atom. The first-order valence-corrected chi connectivity index (χ1v) is 14.1. The number of rotatable bonds is 10. The number of fused-ring (bicyclic) bond motifs is 1. The maximum absolute atomic E-state index is 13.2. The minimum absolute atomic E-state index is 0.138. The lowest BCUT2D eigenvalue weighted by atomic mass is 9.98. The molecule has 2 N–H and O–H groups in total. The van der Waals surface area contributed by atoms with Gasteiger partial charge in [-0.25, -0.2) is 9.48 Å². The van der Waals surface area contributed by atoms with Crippen LogP contribution < -0.4 is 5.32 Å². The Morgan fingerprint density at radius 1 is 1.47 bits per heavy atom. The van der Waals surface area contributed by atoms with E-state index < -0.39 is 39.7 Å². The van der Waals surface area contributed by atoms with Crippen molar-refractivity contribution in [1.29, 1.82) is 0 Å². The highest BCUT2D eigenvalue weighted by molar-refractivity contribution is 8.01. The number of thiophene rings is 1. The third-order valence-electron chi connectivity index (χ3n) is 5.12. The summed E-state index contributed by atoms with van der Waals surface area (Å²) in [5, 5.41) is 25.3. The number of hydrogen-bond acceptors (Lipinski definition) is 11. The van der Waals surface area contributed by atoms with Gasteiger partial charge in [0, 0.05) is 25.2 Å². The van der Waals surface area contributed by atoms with E-state index in [2.05, 4.69) is 20.8 Å². The number of aromatic nitrogens is 4. The normalized spacial score (nSPS) is 22.8. The Labute approximate surface area is 208 Å². The van der Waals surface area contributed by atoms with Crippen molar-refractivity contribution in [3.63, 3.8) is 0 Å². The highest BCUT2D eigenvalue weighted by atomic mass is 32.2. The molecule has 12 nitrogen and oxygen atoms in total. The molecule has 182 valence electrons. The van der Waals surface area contributed by atoms with E-state index in [1.807, 2.05) is 6.92 Å². The maximum atomic E-state index is 13.2. The van der Waals surface area contributed by atoms with Crippen molar-refractivity contribution in [2.24, 2.45) is 0 Å². The lowest BCUT2D eigenvalue weighted by molar-refractivity contribution is -0.192. The van der Waals surface area contributed by atoms with Crippen molar-refractivity contribution < 1.29 is 28.4 Å². The summed E-state index contributed by atoms with van der Waals surface area (Å²) in [6.45, 7) is 2.45. The number of ether oxygens (including phenoxy) is 1. The zero-order valence-corrected chi connectivity index (χ0v) is 21.3. The molecule has 0 spiro atoms. The summed E-state index contributed by atoms with van der Waals surface area (Å²) in [6.07, 6.45) is 0. The number of carboxylic acids is 1. The topological polar surface area (TPSA) is 157 Å². The molecule has 0 aliphatic carbocycles. The minimum Gasteiger partial charge on any atom is -0.477 e. The number of thioether (sulfide) groups is 2. The number of hydrogen-bond donors (Lipinski definition) is 2. The van der Waals surface area contributed by atoms with Gasteiger partial charge in [-0.2, -0.15) is 0 Å². The van der Waals surface area contributed by atoms with Crippen LogP contribution in [0.5, 0.6) is 0 Å². The van der Waals surface area contributed by atoms with E-state index in [1.54, 1.807) is 22.2 Å². The van der Waals surface area contributed by atoms with E-state index in [9.17, 15) is 23.7 Å². The van der Waals surface area contributed by atoms with Gasteiger partial charge in [-0.3, -0.25) is 18.7 Å². The standard InChI is InChI=1S/C18H20N6O6S4/c1-3-23-17(20-21-22-23)33-8-10-7-32-16-18(30-2,15(28)24(16)13(10)14(26)27)19-11(25)9-34(29)12-5-4-6-31-12/h4-6,16H,3,7-9H2,1-2H3,(H,19,25)(H,26,27)/t16-,18-,34?/m0/s1. The molecule has 1 unspecified atom stereocenters. The second-order valence-electron chi connectivity index (χ2n) is 7.07. The van der Waals surface area contributed by atoms with Crippen LogP contribution in [0, 0.1) is 0 Å². The first kappa shape index (κ1) is 24.8. The summed E-state index contributed by atoms with van der Waals surface area (Å²) in [7, 11) is -0.293. The van der Waals surface area contributed by atoms with Crippen LogP contribution >= 0.6 is 34.9 Å². The fourth-order valence-electron chi connectivity index (χ4n) is 3.53. The van der Waals surface area contributed by atoms with Crippen LogP contribution in [0.4, 0.5) is 0 Å². The average molecular weight is 545 g/mol. The van der Waals surface area contributed by atoms with Gasteiger partial charge in [0.15, 0.2) is 0 Å². The molecule has 16 heteroatoms. The predicted molar refractivity (Wildman–Crippen MR) is 125 cm³/mol. The zero-order valence-electron chi connectivity index (χ0n) is 18.0. The number of carboxylic acid groups (broad SMARTS) is 1. The largest absolute Gasteiger partial charge is 0.477 e. The number of methoxy groups -OCH3 is 1. The van der Waals surface area contributed by atoms with Gasteiger partial charge in [0.25, 0.3) is 11.6 Å². The summed E-state index contributed by atoms with van der Waals surface area (Å²) >= 11 is 3.83. The summed E-state index contributed by atoms with van der Waals surface area (Å²) in [5.41, 5.74) is -1.33. The number of carbonyl (C=O) groups is 3. The minimum atomic E-state index is -1.73. The highest BCUT2D eigenvalue weighted by Crippen LogP contribution is 2.47. The summed E-state index contributed by atoms with van der Waals surface area (Å²) < 4.78 is 19.9. The van der Waals surface area contributed by atoms with Gasteiger partial charge in [-0.1, -0.05) is 17.8 Å². The molecule has 0 bridgehead atoms. The number of nitrogens with one attached hydrogen (secondary N) is 1. The molecular weight excluding hydrogens is 525 g/mol. The molecule has 1 saturated heterocycles. The van der Waals surface area contributed by atoms with E-state index in [1.165, 1.54) is 42.0 Å². The Bertz CT molecular complexity index is 1170. The van der Waals surface area contributed by atoms with Gasteiger partial charge in [-0.15, -0.1) is 28.2 Å². The molecule has 3 atom stereocenters. The van der Waals surface area contributed by atoms with Gasteiger partial charge in [0.05, 0.1) is 15.0 Å². The molecule has 0 radical (unpaired) electrons. The zero-order chi connectivity index (χ0) is 24.5.